The predicted octanol–water partition coefficient (Wildman–Crippen LogP) is 2.72. The molecule has 0 aliphatic heterocycles. The lowest BCUT2D eigenvalue weighted by atomic mass is 9.86. The lowest BCUT2D eigenvalue weighted by Crippen LogP contribution is -2.50. The molecule has 0 saturated heterocycles. The van der Waals surface area contributed by atoms with E-state index in [1.54, 1.807) is 0 Å². The average Bonchev–Trinajstić information content (AvgIpc) is 2.35. The lowest BCUT2D eigenvalue weighted by molar-refractivity contribution is -0.135. The van der Waals surface area contributed by atoms with Crippen molar-refractivity contribution in [2.24, 2.45) is 11.1 Å². The van der Waals surface area contributed by atoms with Crippen molar-refractivity contribution in [3.8, 4) is 0 Å². The Kier molecular flexibility index (Phi) is 5.12. The largest absolute Gasteiger partial charge is 0.337 e. The second-order valence-corrected chi connectivity index (χ2v) is 6.12. The molecule has 0 radical (unpaired) electrons. The maximum absolute atomic E-state index is 12.4. The van der Waals surface area contributed by atoms with Crippen molar-refractivity contribution < 1.29 is 4.79 Å². The molecule has 0 saturated carbocycles. The SMILES string of the molecule is CCN(Cc1ccccc1C)C(=O)[C@H](N)C(C)(C)C. The number of hydrogen-bond donors (Lipinski definition) is 1. The molecule has 0 aliphatic rings. The fraction of sp³-hybridized carbons (Fsp3) is 0.562. The van der Waals surface area contributed by atoms with E-state index in [1.165, 1.54) is 11.1 Å². The minimum absolute atomic E-state index is 0.0262. The Labute approximate surface area is 116 Å². The molecule has 0 bridgehead atoms. The van der Waals surface area contributed by atoms with Crippen molar-refractivity contribution in [2.45, 2.75) is 47.2 Å². The summed E-state index contributed by atoms with van der Waals surface area (Å²) in [6.07, 6.45) is 0. The van der Waals surface area contributed by atoms with Gasteiger partial charge in [0.25, 0.3) is 0 Å². The van der Waals surface area contributed by atoms with Gasteiger partial charge in [0.15, 0.2) is 0 Å². The van der Waals surface area contributed by atoms with E-state index in [2.05, 4.69) is 19.1 Å². The number of amides is 1. The monoisotopic (exact) mass is 262 g/mol. The molecule has 1 aromatic carbocycles. The molecule has 1 aromatic rings. The van der Waals surface area contributed by atoms with Gasteiger partial charge in [-0.3, -0.25) is 4.79 Å². The van der Waals surface area contributed by atoms with Crippen LogP contribution in [-0.4, -0.2) is 23.4 Å². The van der Waals surface area contributed by atoms with Crippen molar-refractivity contribution in [3.63, 3.8) is 0 Å². The highest BCUT2D eigenvalue weighted by atomic mass is 16.2. The highest BCUT2D eigenvalue weighted by molar-refractivity contribution is 5.82. The van der Waals surface area contributed by atoms with Gasteiger partial charge >= 0.3 is 0 Å². The molecule has 0 spiro atoms. The normalized spacial score (nSPS) is 13.2. The highest BCUT2D eigenvalue weighted by Crippen LogP contribution is 2.20. The summed E-state index contributed by atoms with van der Waals surface area (Å²) in [5.74, 6) is 0.0262. The van der Waals surface area contributed by atoms with Gasteiger partial charge in [0.2, 0.25) is 5.91 Å². The zero-order valence-electron chi connectivity index (χ0n) is 12.7. The molecule has 0 fully saturated rings. The van der Waals surface area contributed by atoms with Crippen LogP contribution in [0, 0.1) is 12.3 Å². The van der Waals surface area contributed by atoms with Crippen molar-refractivity contribution in [1.82, 2.24) is 4.90 Å². The smallest absolute Gasteiger partial charge is 0.240 e. The Balaban J connectivity index is 2.85. The van der Waals surface area contributed by atoms with E-state index in [4.69, 9.17) is 5.73 Å². The second kappa shape index (κ2) is 6.20. The zero-order valence-corrected chi connectivity index (χ0v) is 12.7. The van der Waals surface area contributed by atoms with Crippen molar-refractivity contribution >= 4 is 5.91 Å². The summed E-state index contributed by atoms with van der Waals surface area (Å²) < 4.78 is 0. The Morgan fingerprint density at radius 3 is 2.37 bits per heavy atom. The molecular weight excluding hydrogens is 236 g/mol. The first-order chi connectivity index (χ1) is 8.77. The molecule has 1 atom stereocenters. The van der Waals surface area contributed by atoms with Crippen LogP contribution in [-0.2, 0) is 11.3 Å². The van der Waals surface area contributed by atoms with E-state index < -0.39 is 6.04 Å². The average molecular weight is 262 g/mol. The number of rotatable bonds is 4. The van der Waals surface area contributed by atoms with Gasteiger partial charge < -0.3 is 10.6 Å². The van der Waals surface area contributed by atoms with Gasteiger partial charge in [-0.05, 0) is 30.4 Å². The van der Waals surface area contributed by atoms with Crippen LogP contribution in [0.1, 0.15) is 38.8 Å². The Morgan fingerprint density at radius 2 is 1.89 bits per heavy atom. The summed E-state index contributed by atoms with van der Waals surface area (Å²) in [6.45, 7) is 11.4. The summed E-state index contributed by atoms with van der Waals surface area (Å²) in [4.78, 5) is 14.3. The van der Waals surface area contributed by atoms with Crippen LogP contribution >= 0.6 is 0 Å². The molecule has 3 nitrogen and oxygen atoms in total. The minimum Gasteiger partial charge on any atom is -0.337 e. The molecule has 106 valence electrons. The molecule has 3 heteroatoms. The van der Waals surface area contributed by atoms with Crippen LogP contribution in [0.25, 0.3) is 0 Å². The Hall–Kier alpha value is -1.35. The van der Waals surface area contributed by atoms with Gasteiger partial charge in [-0.1, -0.05) is 45.0 Å². The minimum atomic E-state index is -0.462. The summed E-state index contributed by atoms with van der Waals surface area (Å²) in [6, 6.07) is 7.68. The number of aryl methyl sites for hydroxylation is 1. The van der Waals surface area contributed by atoms with Gasteiger partial charge in [-0.25, -0.2) is 0 Å². The molecule has 19 heavy (non-hydrogen) atoms. The predicted molar refractivity (Wildman–Crippen MR) is 79.7 cm³/mol. The molecule has 2 N–H and O–H groups in total. The molecule has 0 unspecified atom stereocenters. The standard InChI is InChI=1S/C16H26N2O/c1-6-18(15(19)14(17)16(3,4)5)11-13-10-8-7-9-12(13)2/h7-10,14H,6,11,17H2,1-5H3/t14-/m0/s1. The summed E-state index contributed by atoms with van der Waals surface area (Å²) in [5, 5.41) is 0. The van der Waals surface area contributed by atoms with Gasteiger partial charge in [-0.2, -0.15) is 0 Å². The van der Waals surface area contributed by atoms with Crippen LogP contribution in [0.3, 0.4) is 0 Å². The summed E-state index contributed by atoms with van der Waals surface area (Å²) in [7, 11) is 0. The number of carbonyl (C=O) groups is 1. The molecular formula is C16H26N2O. The number of hydrogen-bond acceptors (Lipinski definition) is 2. The maximum atomic E-state index is 12.4. The molecule has 0 heterocycles. The molecule has 0 aromatic heterocycles. The van der Waals surface area contributed by atoms with Crippen LogP contribution in [0.15, 0.2) is 24.3 Å². The fourth-order valence-electron chi connectivity index (χ4n) is 1.91. The van der Waals surface area contributed by atoms with E-state index >= 15 is 0 Å². The lowest BCUT2D eigenvalue weighted by Gasteiger charge is -2.31. The summed E-state index contributed by atoms with van der Waals surface area (Å²) in [5.41, 5.74) is 8.25. The quantitative estimate of drug-likeness (QED) is 0.907. The maximum Gasteiger partial charge on any atom is 0.240 e. The van der Waals surface area contributed by atoms with Gasteiger partial charge in [-0.15, -0.1) is 0 Å². The Bertz CT molecular complexity index is 435. The first-order valence-electron chi connectivity index (χ1n) is 6.86. The van der Waals surface area contributed by atoms with Gasteiger partial charge in [0.05, 0.1) is 6.04 Å². The van der Waals surface area contributed by atoms with Crippen LogP contribution in [0.5, 0.6) is 0 Å². The van der Waals surface area contributed by atoms with Gasteiger partial charge in [0.1, 0.15) is 0 Å². The highest BCUT2D eigenvalue weighted by Gasteiger charge is 2.30. The van der Waals surface area contributed by atoms with E-state index in [1.807, 2.05) is 44.7 Å². The molecule has 1 amide bonds. The number of nitrogens with zero attached hydrogens (tertiary/aromatic N) is 1. The third-order valence-electron chi connectivity index (χ3n) is 3.51. The number of carbonyl (C=O) groups excluding carboxylic acids is 1. The van der Waals surface area contributed by atoms with Crippen LogP contribution in [0.2, 0.25) is 0 Å². The number of nitrogens with two attached hydrogens (primary N) is 1. The molecule has 0 aliphatic carbocycles. The van der Waals surface area contributed by atoms with Gasteiger partial charge in [0, 0.05) is 13.1 Å². The summed E-state index contributed by atoms with van der Waals surface area (Å²) >= 11 is 0. The topological polar surface area (TPSA) is 46.3 Å². The van der Waals surface area contributed by atoms with Crippen LogP contribution in [0.4, 0.5) is 0 Å². The van der Waals surface area contributed by atoms with E-state index in [0.29, 0.717) is 13.1 Å². The third-order valence-corrected chi connectivity index (χ3v) is 3.51. The van der Waals surface area contributed by atoms with Crippen molar-refractivity contribution in [1.29, 1.82) is 0 Å². The van der Waals surface area contributed by atoms with Crippen LogP contribution < -0.4 is 5.73 Å². The van der Waals surface area contributed by atoms with E-state index in [9.17, 15) is 4.79 Å². The fourth-order valence-corrected chi connectivity index (χ4v) is 1.91. The third kappa shape index (κ3) is 4.06. The Morgan fingerprint density at radius 1 is 1.32 bits per heavy atom. The first kappa shape index (κ1) is 15.7. The van der Waals surface area contributed by atoms with Crippen molar-refractivity contribution in [2.75, 3.05) is 6.54 Å². The van der Waals surface area contributed by atoms with E-state index in [0.717, 1.165) is 0 Å². The van der Waals surface area contributed by atoms with Crippen molar-refractivity contribution in [3.05, 3.63) is 35.4 Å². The van der Waals surface area contributed by atoms with E-state index in [-0.39, 0.29) is 11.3 Å². The first-order valence-corrected chi connectivity index (χ1v) is 6.86. The zero-order chi connectivity index (χ0) is 14.6. The number of benzene rings is 1. The second-order valence-electron chi connectivity index (χ2n) is 6.12. The number of likely N-dealkylation sites (N-methyl/N-ethyl adjacent to an activating group) is 1. The molecule has 1 rings (SSSR count).